The lowest BCUT2D eigenvalue weighted by atomic mass is 10.1. The number of amides is 1. The van der Waals surface area contributed by atoms with E-state index in [1.54, 1.807) is 29.2 Å². The molecule has 1 aliphatic rings. The highest BCUT2D eigenvalue weighted by Gasteiger charge is 2.31. The molecule has 1 aromatic carbocycles. The fourth-order valence-electron chi connectivity index (χ4n) is 2.39. The molecule has 1 atom stereocenters. The maximum Gasteiger partial charge on any atom is 0.308 e. The zero-order valence-corrected chi connectivity index (χ0v) is 11.1. The lowest BCUT2D eigenvalue weighted by Crippen LogP contribution is -2.29. The molecule has 2 heterocycles. The van der Waals surface area contributed by atoms with E-state index in [-0.39, 0.29) is 12.5 Å². The minimum Gasteiger partial charge on any atom is -0.481 e. The Hall–Kier alpha value is -2.70. The molecule has 0 saturated carbocycles. The molecule has 0 unspecified atom stereocenters. The Morgan fingerprint density at radius 2 is 2.05 bits per heavy atom. The van der Waals surface area contributed by atoms with Gasteiger partial charge in [0.25, 0.3) is 5.91 Å². The van der Waals surface area contributed by atoms with E-state index >= 15 is 0 Å². The van der Waals surface area contributed by atoms with Crippen molar-refractivity contribution in [3.8, 4) is 11.4 Å². The van der Waals surface area contributed by atoms with E-state index in [2.05, 4.69) is 14.7 Å². The van der Waals surface area contributed by atoms with Gasteiger partial charge in [0.1, 0.15) is 0 Å². The molecule has 108 valence electrons. The Morgan fingerprint density at radius 1 is 1.29 bits per heavy atom. The molecule has 1 saturated heterocycles. The van der Waals surface area contributed by atoms with Crippen LogP contribution in [-0.2, 0) is 4.79 Å². The highest BCUT2D eigenvalue weighted by atomic mass is 16.5. The fraction of sp³-hybridized carbons (Fsp3) is 0.286. The van der Waals surface area contributed by atoms with Gasteiger partial charge in [-0.15, -0.1) is 0 Å². The summed E-state index contributed by atoms with van der Waals surface area (Å²) in [7, 11) is 0. The number of carboxylic acid groups (broad SMARTS) is 1. The molecule has 7 nitrogen and oxygen atoms in total. The molecule has 1 aliphatic heterocycles. The van der Waals surface area contributed by atoms with E-state index in [4.69, 9.17) is 5.11 Å². The van der Waals surface area contributed by atoms with Gasteiger partial charge in [-0.05, 0) is 18.6 Å². The first-order valence-electron chi connectivity index (χ1n) is 6.54. The number of carbonyl (C=O) groups is 2. The standard InChI is InChI=1S/C14H13N3O4/c18-13(17-6-5-11(7-17)14(19)20)10-3-1-9(2-4-10)12-15-8-21-16-12/h1-4,8,11H,5-7H2,(H,19,20)/t11-/m0/s1. The number of aliphatic carboxylic acids is 1. The van der Waals surface area contributed by atoms with Gasteiger partial charge >= 0.3 is 5.97 Å². The number of carbonyl (C=O) groups excluding carboxylic acids is 1. The van der Waals surface area contributed by atoms with Crippen molar-refractivity contribution in [3.05, 3.63) is 36.2 Å². The first kappa shape index (κ1) is 13.3. The number of nitrogens with zero attached hydrogens (tertiary/aromatic N) is 3. The minimum atomic E-state index is -0.849. The van der Waals surface area contributed by atoms with Crippen LogP contribution in [0.5, 0.6) is 0 Å². The summed E-state index contributed by atoms with van der Waals surface area (Å²) in [5.74, 6) is -1.01. The van der Waals surface area contributed by atoms with Crippen molar-refractivity contribution in [1.82, 2.24) is 15.0 Å². The molecular weight excluding hydrogens is 274 g/mol. The summed E-state index contributed by atoms with van der Waals surface area (Å²) in [6, 6.07) is 6.84. The Labute approximate surface area is 120 Å². The van der Waals surface area contributed by atoms with Gasteiger partial charge in [0.2, 0.25) is 12.2 Å². The third-order valence-electron chi connectivity index (χ3n) is 3.58. The summed E-state index contributed by atoms with van der Waals surface area (Å²) in [5, 5.41) is 12.7. The van der Waals surface area contributed by atoms with Gasteiger partial charge in [0.15, 0.2) is 0 Å². The number of hydrogen-bond acceptors (Lipinski definition) is 5. The van der Waals surface area contributed by atoms with E-state index in [0.29, 0.717) is 24.4 Å². The van der Waals surface area contributed by atoms with Crippen LogP contribution in [0.15, 0.2) is 35.2 Å². The van der Waals surface area contributed by atoms with Crippen molar-refractivity contribution < 1.29 is 19.2 Å². The average molecular weight is 287 g/mol. The summed E-state index contributed by atoms with van der Waals surface area (Å²) >= 11 is 0. The summed E-state index contributed by atoms with van der Waals surface area (Å²) in [5.41, 5.74) is 1.28. The lowest BCUT2D eigenvalue weighted by Gasteiger charge is -2.15. The van der Waals surface area contributed by atoms with Gasteiger partial charge in [-0.2, -0.15) is 4.98 Å². The molecule has 1 N–H and O–H groups in total. The highest BCUT2D eigenvalue weighted by Crippen LogP contribution is 2.20. The SMILES string of the molecule is O=C(O)[C@H]1CCN(C(=O)c2ccc(-c3ncon3)cc2)C1. The Morgan fingerprint density at radius 3 is 2.62 bits per heavy atom. The predicted octanol–water partition coefficient (Wildman–Crippen LogP) is 1.28. The Bertz CT molecular complexity index is 651. The van der Waals surface area contributed by atoms with E-state index < -0.39 is 11.9 Å². The number of carboxylic acids is 1. The predicted molar refractivity (Wildman–Crippen MR) is 71.4 cm³/mol. The summed E-state index contributed by atoms with van der Waals surface area (Å²) < 4.78 is 4.67. The lowest BCUT2D eigenvalue weighted by molar-refractivity contribution is -0.141. The fourth-order valence-corrected chi connectivity index (χ4v) is 2.39. The van der Waals surface area contributed by atoms with Crippen LogP contribution >= 0.6 is 0 Å². The van der Waals surface area contributed by atoms with Crippen molar-refractivity contribution >= 4 is 11.9 Å². The third kappa shape index (κ3) is 2.62. The van der Waals surface area contributed by atoms with E-state index in [0.717, 1.165) is 5.56 Å². The van der Waals surface area contributed by atoms with Gasteiger partial charge in [-0.1, -0.05) is 17.3 Å². The Balaban J connectivity index is 1.72. The van der Waals surface area contributed by atoms with Gasteiger partial charge in [-0.3, -0.25) is 9.59 Å². The molecule has 7 heteroatoms. The smallest absolute Gasteiger partial charge is 0.308 e. The van der Waals surface area contributed by atoms with Gasteiger partial charge in [0.05, 0.1) is 5.92 Å². The topological polar surface area (TPSA) is 96.5 Å². The van der Waals surface area contributed by atoms with Crippen LogP contribution < -0.4 is 0 Å². The summed E-state index contributed by atoms with van der Waals surface area (Å²) in [4.78, 5) is 28.7. The largest absolute Gasteiger partial charge is 0.481 e. The Kier molecular flexibility index (Phi) is 3.39. The second-order valence-electron chi connectivity index (χ2n) is 4.91. The van der Waals surface area contributed by atoms with Crippen LogP contribution in [0.1, 0.15) is 16.8 Å². The minimum absolute atomic E-state index is 0.154. The molecule has 1 fully saturated rings. The molecule has 0 bridgehead atoms. The zero-order chi connectivity index (χ0) is 14.8. The number of aromatic nitrogens is 2. The van der Waals surface area contributed by atoms with Crippen LogP contribution in [0, 0.1) is 5.92 Å². The van der Waals surface area contributed by atoms with Crippen LogP contribution in [-0.4, -0.2) is 45.1 Å². The quantitative estimate of drug-likeness (QED) is 0.913. The monoisotopic (exact) mass is 287 g/mol. The van der Waals surface area contributed by atoms with Crippen molar-refractivity contribution in [2.45, 2.75) is 6.42 Å². The molecule has 21 heavy (non-hydrogen) atoms. The second-order valence-corrected chi connectivity index (χ2v) is 4.91. The van der Waals surface area contributed by atoms with Gasteiger partial charge in [0, 0.05) is 24.2 Å². The van der Waals surface area contributed by atoms with Crippen LogP contribution in [0.3, 0.4) is 0 Å². The molecule has 2 aromatic rings. The van der Waals surface area contributed by atoms with Crippen molar-refractivity contribution in [1.29, 1.82) is 0 Å². The van der Waals surface area contributed by atoms with Crippen molar-refractivity contribution in [2.24, 2.45) is 5.92 Å². The van der Waals surface area contributed by atoms with Crippen LogP contribution in [0.4, 0.5) is 0 Å². The highest BCUT2D eigenvalue weighted by molar-refractivity contribution is 5.95. The molecule has 1 aromatic heterocycles. The maximum atomic E-state index is 12.3. The zero-order valence-electron chi connectivity index (χ0n) is 11.1. The number of hydrogen-bond donors (Lipinski definition) is 1. The summed E-state index contributed by atoms with van der Waals surface area (Å²) in [6.07, 6.45) is 1.74. The first-order valence-corrected chi connectivity index (χ1v) is 6.54. The van der Waals surface area contributed by atoms with Gasteiger partial charge < -0.3 is 14.5 Å². The molecule has 3 rings (SSSR count). The molecule has 0 spiro atoms. The van der Waals surface area contributed by atoms with Crippen LogP contribution in [0.25, 0.3) is 11.4 Å². The first-order chi connectivity index (χ1) is 10.1. The normalized spacial score (nSPS) is 17.9. The number of rotatable bonds is 3. The molecule has 0 aliphatic carbocycles. The molecular formula is C14H13N3O4. The second kappa shape index (κ2) is 5.35. The molecule has 1 amide bonds. The maximum absolute atomic E-state index is 12.3. The molecule has 0 radical (unpaired) electrons. The third-order valence-corrected chi connectivity index (χ3v) is 3.58. The summed E-state index contributed by atoms with van der Waals surface area (Å²) in [6.45, 7) is 0.739. The average Bonchev–Trinajstić information content (AvgIpc) is 3.18. The van der Waals surface area contributed by atoms with Crippen molar-refractivity contribution in [3.63, 3.8) is 0 Å². The number of likely N-dealkylation sites (tertiary alicyclic amines) is 1. The van der Waals surface area contributed by atoms with Gasteiger partial charge in [-0.25, -0.2) is 0 Å². The van der Waals surface area contributed by atoms with Crippen molar-refractivity contribution in [2.75, 3.05) is 13.1 Å². The van der Waals surface area contributed by atoms with E-state index in [1.165, 1.54) is 6.39 Å². The van der Waals surface area contributed by atoms with Crippen LogP contribution in [0.2, 0.25) is 0 Å². The van der Waals surface area contributed by atoms with E-state index in [9.17, 15) is 9.59 Å². The number of benzene rings is 1. The van der Waals surface area contributed by atoms with E-state index in [1.807, 2.05) is 0 Å².